The summed E-state index contributed by atoms with van der Waals surface area (Å²) in [6.45, 7) is 2.30. The molecule has 0 atom stereocenters. The zero-order valence-electron chi connectivity index (χ0n) is 12.4. The SMILES string of the molecule is CC1=C(c2cc3nnc(N)nc3cc2OCCO)C=CCC1. The number of fused-ring (bicyclic) bond motifs is 1. The number of aromatic nitrogens is 3. The van der Waals surface area contributed by atoms with Gasteiger partial charge in [0.05, 0.1) is 12.1 Å². The molecule has 0 bridgehead atoms. The van der Waals surface area contributed by atoms with Crippen molar-refractivity contribution in [2.75, 3.05) is 18.9 Å². The maximum Gasteiger partial charge on any atom is 0.240 e. The van der Waals surface area contributed by atoms with Crippen molar-refractivity contribution in [1.82, 2.24) is 15.2 Å². The summed E-state index contributed by atoms with van der Waals surface area (Å²) >= 11 is 0. The van der Waals surface area contributed by atoms with Gasteiger partial charge >= 0.3 is 0 Å². The Morgan fingerprint density at radius 1 is 1.27 bits per heavy atom. The molecule has 0 saturated heterocycles. The van der Waals surface area contributed by atoms with Gasteiger partial charge in [0.2, 0.25) is 5.95 Å². The lowest BCUT2D eigenvalue weighted by Gasteiger charge is -2.17. The zero-order chi connectivity index (χ0) is 15.5. The first kappa shape index (κ1) is 14.5. The lowest BCUT2D eigenvalue weighted by atomic mass is 9.92. The van der Waals surface area contributed by atoms with Crippen LogP contribution in [-0.2, 0) is 0 Å². The number of aliphatic hydroxyl groups excluding tert-OH is 1. The second-order valence-electron chi connectivity index (χ2n) is 5.21. The number of ether oxygens (including phenoxy) is 1. The Bertz CT molecular complexity index is 768. The summed E-state index contributed by atoms with van der Waals surface area (Å²) in [6, 6.07) is 3.71. The van der Waals surface area contributed by atoms with Crippen LogP contribution in [0.4, 0.5) is 5.95 Å². The summed E-state index contributed by atoms with van der Waals surface area (Å²) in [4.78, 5) is 4.18. The molecule has 0 spiro atoms. The fraction of sp³-hybridized carbons (Fsp3) is 0.312. The van der Waals surface area contributed by atoms with Crippen LogP contribution >= 0.6 is 0 Å². The summed E-state index contributed by atoms with van der Waals surface area (Å²) in [6.07, 6.45) is 6.32. The Kier molecular flexibility index (Phi) is 4.02. The molecule has 3 rings (SSSR count). The zero-order valence-corrected chi connectivity index (χ0v) is 12.4. The maximum atomic E-state index is 9.03. The molecule has 6 heteroatoms. The van der Waals surface area contributed by atoms with E-state index in [2.05, 4.69) is 34.3 Å². The number of nitrogens with two attached hydrogens (primary N) is 1. The van der Waals surface area contributed by atoms with E-state index in [0.29, 0.717) is 16.8 Å². The number of hydrogen-bond acceptors (Lipinski definition) is 6. The summed E-state index contributed by atoms with van der Waals surface area (Å²) < 4.78 is 5.69. The first-order valence-corrected chi connectivity index (χ1v) is 7.23. The fourth-order valence-electron chi connectivity index (χ4n) is 2.56. The number of rotatable bonds is 4. The van der Waals surface area contributed by atoms with Gasteiger partial charge in [-0.1, -0.05) is 17.7 Å². The van der Waals surface area contributed by atoms with Crippen LogP contribution in [0.3, 0.4) is 0 Å². The molecule has 0 unspecified atom stereocenters. The van der Waals surface area contributed by atoms with Crippen LogP contribution in [0.15, 0.2) is 29.9 Å². The van der Waals surface area contributed by atoms with Gasteiger partial charge in [0.15, 0.2) is 0 Å². The average molecular weight is 298 g/mol. The Balaban J connectivity index is 2.17. The van der Waals surface area contributed by atoms with Crippen LogP contribution in [-0.4, -0.2) is 33.5 Å². The minimum atomic E-state index is -0.0461. The Morgan fingerprint density at radius 3 is 2.91 bits per heavy atom. The lowest BCUT2D eigenvalue weighted by Crippen LogP contribution is -2.06. The summed E-state index contributed by atoms with van der Waals surface area (Å²) in [5, 5.41) is 16.9. The molecule has 1 heterocycles. The highest BCUT2D eigenvalue weighted by atomic mass is 16.5. The van der Waals surface area contributed by atoms with Gasteiger partial charge in [0.25, 0.3) is 0 Å². The van der Waals surface area contributed by atoms with Crippen LogP contribution in [0.1, 0.15) is 25.3 Å². The van der Waals surface area contributed by atoms with E-state index in [4.69, 9.17) is 15.6 Å². The monoisotopic (exact) mass is 298 g/mol. The number of nitrogens with zero attached hydrogens (tertiary/aromatic N) is 3. The Labute approximate surface area is 128 Å². The topological polar surface area (TPSA) is 94.2 Å². The van der Waals surface area contributed by atoms with E-state index >= 15 is 0 Å². The number of benzene rings is 1. The van der Waals surface area contributed by atoms with E-state index < -0.39 is 0 Å². The lowest BCUT2D eigenvalue weighted by molar-refractivity contribution is 0.201. The van der Waals surface area contributed by atoms with Gasteiger partial charge in [-0.15, -0.1) is 10.2 Å². The highest BCUT2D eigenvalue weighted by Gasteiger charge is 2.15. The highest BCUT2D eigenvalue weighted by molar-refractivity contribution is 5.88. The van der Waals surface area contributed by atoms with Crippen molar-refractivity contribution < 1.29 is 9.84 Å². The van der Waals surface area contributed by atoms with Gasteiger partial charge < -0.3 is 15.6 Å². The molecule has 3 N–H and O–H groups in total. The molecule has 0 radical (unpaired) electrons. The largest absolute Gasteiger partial charge is 0.490 e. The van der Waals surface area contributed by atoms with Gasteiger partial charge in [-0.2, -0.15) is 0 Å². The number of allylic oxidation sites excluding steroid dienone is 4. The second kappa shape index (κ2) is 6.11. The van der Waals surface area contributed by atoms with Crippen LogP contribution in [0.25, 0.3) is 16.6 Å². The van der Waals surface area contributed by atoms with E-state index in [-0.39, 0.29) is 19.2 Å². The van der Waals surface area contributed by atoms with Crippen molar-refractivity contribution in [3.8, 4) is 5.75 Å². The average Bonchev–Trinajstić information content (AvgIpc) is 2.52. The third-order valence-corrected chi connectivity index (χ3v) is 3.64. The molecule has 2 aromatic rings. The third kappa shape index (κ3) is 2.78. The van der Waals surface area contributed by atoms with Crippen LogP contribution in [0.5, 0.6) is 5.75 Å². The molecule has 0 aliphatic heterocycles. The quantitative estimate of drug-likeness (QED) is 0.897. The van der Waals surface area contributed by atoms with Crippen molar-refractivity contribution in [3.05, 3.63) is 35.4 Å². The molecule has 0 amide bonds. The smallest absolute Gasteiger partial charge is 0.240 e. The summed E-state index contributed by atoms with van der Waals surface area (Å²) in [5.74, 6) is 0.795. The number of nitrogen functional groups attached to an aromatic ring is 1. The Hall–Kier alpha value is -2.47. The van der Waals surface area contributed by atoms with Crippen LogP contribution in [0, 0.1) is 0 Å². The van der Waals surface area contributed by atoms with E-state index in [9.17, 15) is 0 Å². The third-order valence-electron chi connectivity index (χ3n) is 3.64. The maximum absolute atomic E-state index is 9.03. The van der Waals surface area contributed by atoms with E-state index in [0.717, 1.165) is 24.0 Å². The minimum absolute atomic E-state index is 0.0461. The predicted octanol–water partition coefficient (Wildman–Crippen LogP) is 2.10. The molecule has 0 saturated carbocycles. The van der Waals surface area contributed by atoms with Crippen molar-refractivity contribution in [1.29, 1.82) is 0 Å². The number of aliphatic hydroxyl groups is 1. The molecular weight excluding hydrogens is 280 g/mol. The summed E-state index contributed by atoms with van der Waals surface area (Å²) in [5.41, 5.74) is 10.2. The molecule has 6 nitrogen and oxygen atoms in total. The van der Waals surface area contributed by atoms with E-state index in [1.807, 2.05) is 6.07 Å². The number of anilines is 1. The van der Waals surface area contributed by atoms with Crippen molar-refractivity contribution in [2.24, 2.45) is 0 Å². The van der Waals surface area contributed by atoms with E-state index in [1.165, 1.54) is 5.57 Å². The molecule has 22 heavy (non-hydrogen) atoms. The van der Waals surface area contributed by atoms with Crippen LogP contribution < -0.4 is 10.5 Å². The standard InChI is InChI=1S/C16H18N4O2/c1-10-4-2-3-5-11(10)12-8-14-13(18-16(17)20-19-14)9-15(12)22-7-6-21/h3,5,8-9,21H,2,4,6-7H2,1H3,(H2,17,18,20). The molecule has 1 aliphatic carbocycles. The normalized spacial score (nSPS) is 14.6. The fourth-order valence-corrected chi connectivity index (χ4v) is 2.56. The predicted molar refractivity (Wildman–Crippen MR) is 85.3 cm³/mol. The second-order valence-corrected chi connectivity index (χ2v) is 5.21. The van der Waals surface area contributed by atoms with E-state index in [1.54, 1.807) is 6.07 Å². The van der Waals surface area contributed by atoms with Crippen molar-refractivity contribution >= 4 is 22.6 Å². The number of hydrogen-bond donors (Lipinski definition) is 2. The first-order chi connectivity index (χ1) is 10.7. The van der Waals surface area contributed by atoms with Gasteiger partial charge in [-0.05, 0) is 31.4 Å². The molecule has 1 aromatic carbocycles. The van der Waals surface area contributed by atoms with Gasteiger partial charge in [-0.25, -0.2) is 4.98 Å². The van der Waals surface area contributed by atoms with Gasteiger partial charge in [0, 0.05) is 11.6 Å². The molecule has 0 fully saturated rings. The Morgan fingerprint density at radius 2 is 2.14 bits per heavy atom. The molecule has 1 aliphatic rings. The molecular formula is C16H18N4O2. The van der Waals surface area contributed by atoms with Crippen LogP contribution in [0.2, 0.25) is 0 Å². The summed E-state index contributed by atoms with van der Waals surface area (Å²) in [7, 11) is 0. The molecule has 114 valence electrons. The highest BCUT2D eigenvalue weighted by Crippen LogP contribution is 2.35. The van der Waals surface area contributed by atoms with Crippen molar-refractivity contribution in [3.63, 3.8) is 0 Å². The molecule has 1 aromatic heterocycles. The van der Waals surface area contributed by atoms with Gasteiger partial charge in [0.1, 0.15) is 17.9 Å². The minimum Gasteiger partial charge on any atom is -0.490 e. The van der Waals surface area contributed by atoms with Gasteiger partial charge in [-0.3, -0.25) is 0 Å². The first-order valence-electron chi connectivity index (χ1n) is 7.23. The van der Waals surface area contributed by atoms with Crippen molar-refractivity contribution in [2.45, 2.75) is 19.8 Å².